The summed E-state index contributed by atoms with van der Waals surface area (Å²) in [5.74, 6) is 1.53. The molecule has 1 aromatic rings. The molecule has 0 aliphatic heterocycles. The molecule has 0 aromatic heterocycles. The van der Waals surface area contributed by atoms with E-state index in [-0.39, 0.29) is 0 Å². The van der Waals surface area contributed by atoms with Crippen molar-refractivity contribution in [2.24, 2.45) is 5.41 Å². The summed E-state index contributed by atoms with van der Waals surface area (Å²) >= 11 is 0. The summed E-state index contributed by atoms with van der Waals surface area (Å²) in [6.07, 6.45) is 9.71. The molecule has 17 heavy (non-hydrogen) atoms. The molecular formula is C17H21. The second kappa shape index (κ2) is 3.73. The van der Waals surface area contributed by atoms with Crippen LogP contribution in [0.25, 0.3) is 6.08 Å². The molecule has 0 heteroatoms. The Labute approximate surface area is 105 Å². The van der Waals surface area contributed by atoms with E-state index in [4.69, 9.17) is 0 Å². The van der Waals surface area contributed by atoms with Gasteiger partial charge in [-0.3, -0.25) is 0 Å². The van der Waals surface area contributed by atoms with Gasteiger partial charge in [-0.1, -0.05) is 45.1 Å². The molecule has 1 aromatic carbocycles. The summed E-state index contributed by atoms with van der Waals surface area (Å²) in [4.78, 5) is 0. The first-order valence-corrected chi connectivity index (χ1v) is 6.73. The first kappa shape index (κ1) is 11.1. The highest BCUT2D eigenvalue weighted by Gasteiger charge is 2.25. The molecule has 2 aliphatic carbocycles. The van der Waals surface area contributed by atoms with Crippen LogP contribution in [0, 0.1) is 11.3 Å². The predicted molar refractivity (Wildman–Crippen MR) is 73.9 cm³/mol. The Balaban J connectivity index is 1.94. The van der Waals surface area contributed by atoms with Crippen LogP contribution >= 0.6 is 0 Å². The minimum Gasteiger partial charge on any atom is -0.0721 e. The van der Waals surface area contributed by atoms with E-state index in [1.54, 1.807) is 11.1 Å². The van der Waals surface area contributed by atoms with Crippen molar-refractivity contribution >= 4 is 6.08 Å². The average molecular weight is 225 g/mol. The summed E-state index contributed by atoms with van der Waals surface area (Å²) in [5, 5.41) is 0. The van der Waals surface area contributed by atoms with Crippen molar-refractivity contribution in [3.8, 4) is 0 Å². The Hall–Kier alpha value is -1.04. The molecule has 0 amide bonds. The molecule has 0 N–H and O–H groups in total. The van der Waals surface area contributed by atoms with Gasteiger partial charge in [0.05, 0.1) is 0 Å². The Morgan fingerprint density at radius 1 is 1.00 bits per heavy atom. The van der Waals surface area contributed by atoms with Gasteiger partial charge in [0.15, 0.2) is 0 Å². The van der Waals surface area contributed by atoms with Crippen molar-refractivity contribution in [3.63, 3.8) is 0 Å². The fourth-order valence-corrected chi connectivity index (χ4v) is 3.06. The molecule has 0 heterocycles. The van der Waals surface area contributed by atoms with Gasteiger partial charge in [-0.2, -0.15) is 0 Å². The van der Waals surface area contributed by atoms with Crippen molar-refractivity contribution in [2.75, 3.05) is 0 Å². The molecule has 89 valence electrons. The Kier molecular flexibility index (Phi) is 2.43. The number of benzene rings is 1. The van der Waals surface area contributed by atoms with Crippen molar-refractivity contribution < 1.29 is 0 Å². The smallest absolute Gasteiger partial charge is 0.0278 e. The first-order valence-electron chi connectivity index (χ1n) is 6.73. The lowest BCUT2D eigenvalue weighted by molar-refractivity contribution is 0.399. The van der Waals surface area contributed by atoms with Gasteiger partial charge in [-0.15, -0.1) is 0 Å². The van der Waals surface area contributed by atoms with Crippen LogP contribution in [0.2, 0.25) is 0 Å². The third kappa shape index (κ3) is 2.06. The monoisotopic (exact) mass is 225 g/mol. The van der Waals surface area contributed by atoms with E-state index in [2.05, 4.69) is 45.1 Å². The van der Waals surface area contributed by atoms with Gasteiger partial charge >= 0.3 is 0 Å². The topological polar surface area (TPSA) is 0 Å². The third-order valence-corrected chi connectivity index (χ3v) is 3.79. The molecule has 3 rings (SSSR count). The molecule has 2 aliphatic rings. The third-order valence-electron chi connectivity index (χ3n) is 3.79. The van der Waals surface area contributed by atoms with Gasteiger partial charge in [0.1, 0.15) is 0 Å². The molecule has 0 saturated heterocycles. The molecule has 0 atom stereocenters. The average Bonchev–Trinajstić information content (AvgIpc) is 2.80. The summed E-state index contributed by atoms with van der Waals surface area (Å²) in [7, 11) is 0. The van der Waals surface area contributed by atoms with E-state index in [1.807, 2.05) is 0 Å². The number of aryl methyl sites for hydroxylation is 2. The van der Waals surface area contributed by atoms with Crippen molar-refractivity contribution in [3.05, 3.63) is 46.4 Å². The first-order chi connectivity index (χ1) is 8.03. The van der Waals surface area contributed by atoms with Gasteiger partial charge in [-0.25, -0.2) is 0 Å². The fraction of sp³-hybridized carbons (Fsp3) is 0.471. The maximum atomic E-state index is 2.46. The molecule has 0 unspecified atom stereocenters. The Bertz CT molecular complexity index is 472. The van der Waals surface area contributed by atoms with E-state index in [1.165, 1.54) is 42.7 Å². The van der Waals surface area contributed by atoms with Gasteiger partial charge in [0, 0.05) is 5.92 Å². The quantitative estimate of drug-likeness (QED) is 0.657. The molecule has 0 saturated carbocycles. The number of fused-ring (bicyclic) bond motifs is 2. The maximum absolute atomic E-state index is 2.46. The minimum absolute atomic E-state index is 0.375. The minimum atomic E-state index is 0.375. The molecule has 0 bridgehead atoms. The van der Waals surface area contributed by atoms with E-state index in [0.717, 1.165) is 0 Å². The van der Waals surface area contributed by atoms with Crippen LogP contribution in [0.4, 0.5) is 0 Å². The van der Waals surface area contributed by atoms with Crippen LogP contribution in [0.15, 0.2) is 18.2 Å². The fourth-order valence-electron chi connectivity index (χ4n) is 3.06. The summed E-state index contributed by atoms with van der Waals surface area (Å²) < 4.78 is 0. The standard InChI is InChI=1S/C17H21/c1-17(2,3)11-15-8-7-14-9-12-5-4-6-13(12)10-16(14)15/h7-10H,4-6,11H2,1-3H3. The SMILES string of the molecule is CC(C)(C)C[C]1C=Cc2cc3c(cc21)CCC3. The lowest BCUT2D eigenvalue weighted by Crippen LogP contribution is -2.10. The highest BCUT2D eigenvalue weighted by Crippen LogP contribution is 2.40. The van der Waals surface area contributed by atoms with E-state index >= 15 is 0 Å². The van der Waals surface area contributed by atoms with E-state index < -0.39 is 0 Å². The molecule has 0 spiro atoms. The lowest BCUT2D eigenvalue weighted by atomic mass is 9.82. The Morgan fingerprint density at radius 2 is 1.71 bits per heavy atom. The second-order valence-corrected chi connectivity index (χ2v) is 6.66. The van der Waals surface area contributed by atoms with Crippen LogP contribution in [-0.4, -0.2) is 0 Å². The summed E-state index contributed by atoms with van der Waals surface area (Å²) in [6, 6.07) is 4.88. The summed E-state index contributed by atoms with van der Waals surface area (Å²) in [5.41, 5.74) is 6.51. The lowest BCUT2D eigenvalue weighted by Gasteiger charge is -2.22. The molecule has 0 fully saturated rings. The highest BCUT2D eigenvalue weighted by molar-refractivity contribution is 5.70. The normalized spacial score (nSPS) is 18.5. The largest absolute Gasteiger partial charge is 0.0721 e. The molecule has 0 nitrogen and oxygen atoms in total. The van der Waals surface area contributed by atoms with Crippen LogP contribution < -0.4 is 0 Å². The maximum Gasteiger partial charge on any atom is 0.0278 e. The Morgan fingerprint density at radius 3 is 2.41 bits per heavy atom. The van der Waals surface area contributed by atoms with Gasteiger partial charge in [0.25, 0.3) is 0 Å². The van der Waals surface area contributed by atoms with E-state index in [9.17, 15) is 0 Å². The van der Waals surface area contributed by atoms with Gasteiger partial charge in [0.2, 0.25) is 0 Å². The second-order valence-electron chi connectivity index (χ2n) is 6.66. The van der Waals surface area contributed by atoms with Crippen LogP contribution in [0.1, 0.15) is 55.9 Å². The number of hydrogen-bond acceptors (Lipinski definition) is 0. The molecular weight excluding hydrogens is 204 g/mol. The molecule has 1 radical (unpaired) electrons. The van der Waals surface area contributed by atoms with Crippen LogP contribution in [0.3, 0.4) is 0 Å². The zero-order valence-electron chi connectivity index (χ0n) is 11.1. The summed E-state index contributed by atoms with van der Waals surface area (Å²) in [6.45, 7) is 6.96. The number of allylic oxidation sites excluding steroid dienone is 1. The van der Waals surface area contributed by atoms with Crippen molar-refractivity contribution in [1.29, 1.82) is 0 Å². The zero-order chi connectivity index (χ0) is 12.0. The zero-order valence-corrected chi connectivity index (χ0v) is 11.1. The van der Waals surface area contributed by atoms with Gasteiger partial charge < -0.3 is 0 Å². The number of hydrogen-bond donors (Lipinski definition) is 0. The van der Waals surface area contributed by atoms with Crippen molar-refractivity contribution in [1.82, 2.24) is 0 Å². The predicted octanol–water partition coefficient (Wildman–Crippen LogP) is 4.56. The van der Waals surface area contributed by atoms with Crippen LogP contribution in [-0.2, 0) is 12.8 Å². The number of rotatable bonds is 1. The van der Waals surface area contributed by atoms with E-state index in [0.29, 0.717) is 5.41 Å². The highest BCUT2D eigenvalue weighted by atomic mass is 14.3. The van der Waals surface area contributed by atoms with Crippen molar-refractivity contribution in [2.45, 2.75) is 46.5 Å². The van der Waals surface area contributed by atoms with Gasteiger partial charge in [-0.05, 0) is 53.4 Å². The van der Waals surface area contributed by atoms with Crippen LogP contribution in [0.5, 0.6) is 0 Å².